The van der Waals surface area contributed by atoms with E-state index < -0.39 is 11.8 Å². The van der Waals surface area contributed by atoms with Crippen LogP contribution in [0.4, 0.5) is 5.69 Å². The van der Waals surface area contributed by atoms with Gasteiger partial charge in [0.25, 0.3) is 5.91 Å². The lowest BCUT2D eigenvalue weighted by molar-refractivity contribution is -0.117. The molecule has 0 saturated carbocycles. The maximum atomic E-state index is 12.1. The zero-order chi connectivity index (χ0) is 15.6. The van der Waals surface area contributed by atoms with Gasteiger partial charge in [-0.3, -0.25) is 9.59 Å². The number of fused-ring (bicyclic) bond motifs is 1. The first-order chi connectivity index (χ1) is 9.99. The van der Waals surface area contributed by atoms with Gasteiger partial charge in [0.05, 0.1) is 17.9 Å². The van der Waals surface area contributed by atoms with Crippen LogP contribution in [-0.2, 0) is 17.6 Å². The highest BCUT2D eigenvalue weighted by Gasteiger charge is 2.21. The normalized spacial score (nSPS) is 10.8. The van der Waals surface area contributed by atoms with Crippen molar-refractivity contribution in [2.45, 2.75) is 26.7 Å². The number of anilines is 1. The summed E-state index contributed by atoms with van der Waals surface area (Å²) in [7, 11) is 0. The van der Waals surface area contributed by atoms with Crippen LogP contribution < -0.4 is 16.8 Å². The molecule has 0 bridgehead atoms. The van der Waals surface area contributed by atoms with Gasteiger partial charge in [-0.05, 0) is 18.4 Å². The summed E-state index contributed by atoms with van der Waals surface area (Å²) < 4.78 is 0. The summed E-state index contributed by atoms with van der Waals surface area (Å²) in [6, 6.07) is 0. The van der Waals surface area contributed by atoms with Crippen LogP contribution >= 0.6 is 11.3 Å². The number of aromatic nitrogens is 2. The van der Waals surface area contributed by atoms with E-state index in [0.717, 1.165) is 29.5 Å². The molecule has 8 heteroatoms. The Morgan fingerprint density at radius 1 is 1.24 bits per heavy atom. The largest absolute Gasteiger partial charge is 0.397 e. The Bertz CT molecular complexity index is 710. The summed E-state index contributed by atoms with van der Waals surface area (Å²) >= 11 is 1.17. The number of primary amides is 1. The second kappa shape index (κ2) is 6.04. The van der Waals surface area contributed by atoms with Crippen molar-refractivity contribution in [1.29, 1.82) is 0 Å². The summed E-state index contributed by atoms with van der Waals surface area (Å²) in [6.45, 7) is 3.79. The van der Waals surface area contributed by atoms with Crippen LogP contribution in [-0.4, -0.2) is 28.6 Å². The molecule has 0 aromatic carbocycles. The van der Waals surface area contributed by atoms with Crippen molar-refractivity contribution in [2.75, 3.05) is 12.3 Å². The molecule has 2 aromatic rings. The van der Waals surface area contributed by atoms with Gasteiger partial charge in [-0.2, -0.15) is 5.10 Å². The fourth-order valence-corrected chi connectivity index (χ4v) is 3.17. The van der Waals surface area contributed by atoms with Crippen LogP contribution in [0, 0.1) is 0 Å². The third-order valence-corrected chi connectivity index (χ3v) is 4.24. The molecule has 2 heterocycles. The number of carbonyl (C=O) groups is 2. The Morgan fingerprint density at radius 3 is 2.52 bits per heavy atom. The molecule has 0 spiro atoms. The van der Waals surface area contributed by atoms with Gasteiger partial charge in [0, 0.05) is 5.39 Å². The molecule has 0 aliphatic heterocycles. The molecule has 21 heavy (non-hydrogen) atoms. The van der Waals surface area contributed by atoms with Crippen LogP contribution in [0.1, 0.15) is 34.8 Å². The average Bonchev–Trinajstić information content (AvgIpc) is 2.81. The van der Waals surface area contributed by atoms with Gasteiger partial charge in [0.2, 0.25) is 5.91 Å². The lowest BCUT2D eigenvalue weighted by Gasteiger charge is -2.06. The maximum Gasteiger partial charge on any atom is 0.264 e. The van der Waals surface area contributed by atoms with Crippen molar-refractivity contribution in [1.82, 2.24) is 15.5 Å². The monoisotopic (exact) mass is 307 g/mol. The molecule has 0 aliphatic carbocycles. The molecule has 2 aromatic heterocycles. The topological polar surface area (TPSA) is 124 Å². The van der Waals surface area contributed by atoms with Crippen molar-refractivity contribution in [2.24, 2.45) is 5.73 Å². The molecule has 0 saturated heterocycles. The highest BCUT2D eigenvalue weighted by molar-refractivity contribution is 7.21. The maximum absolute atomic E-state index is 12.1. The number of carbonyl (C=O) groups excluding carboxylic acids is 2. The second-order valence-electron chi connectivity index (χ2n) is 4.51. The standard InChI is InChI=1S/C13H17N5O2S/c1-3-6-7(4-2)17-18-13-9(6)10(15)11(21-13)12(20)16-5-8(14)19/h3-5,15H2,1-2H3,(H2,14,19)(H,16,20). The number of nitrogens with two attached hydrogens (primary N) is 2. The minimum Gasteiger partial charge on any atom is -0.397 e. The molecule has 2 amide bonds. The van der Waals surface area contributed by atoms with E-state index in [2.05, 4.69) is 15.5 Å². The first-order valence-corrected chi connectivity index (χ1v) is 7.44. The van der Waals surface area contributed by atoms with Crippen molar-refractivity contribution in [3.05, 3.63) is 16.1 Å². The molecule has 0 fully saturated rings. The number of hydrogen-bond donors (Lipinski definition) is 3. The van der Waals surface area contributed by atoms with Crippen LogP contribution in [0.5, 0.6) is 0 Å². The first kappa shape index (κ1) is 15.2. The summed E-state index contributed by atoms with van der Waals surface area (Å²) in [5.74, 6) is -1.03. The van der Waals surface area contributed by atoms with Crippen molar-refractivity contribution in [3.63, 3.8) is 0 Å². The quantitative estimate of drug-likeness (QED) is 0.746. The van der Waals surface area contributed by atoms with E-state index in [4.69, 9.17) is 11.5 Å². The lowest BCUT2D eigenvalue weighted by Crippen LogP contribution is -2.33. The van der Waals surface area contributed by atoms with Gasteiger partial charge < -0.3 is 16.8 Å². The van der Waals surface area contributed by atoms with E-state index >= 15 is 0 Å². The molecule has 0 unspecified atom stereocenters. The second-order valence-corrected chi connectivity index (χ2v) is 5.51. The minimum atomic E-state index is -0.606. The molecule has 7 nitrogen and oxygen atoms in total. The summed E-state index contributed by atoms with van der Waals surface area (Å²) in [4.78, 5) is 23.8. The first-order valence-electron chi connectivity index (χ1n) is 6.62. The Kier molecular flexibility index (Phi) is 4.37. The van der Waals surface area contributed by atoms with Crippen molar-refractivity contribution >= 4 is 39.1 Å². The number of aryl methyl sites for hydroxylation is 2. The summed E-state index contributed by atoms with van der Waals surface area (Å²) in [6.07, 6.45) is 1.52. The molecular weight excluding hydrogens is 290 g/mol. The molecule has 0 atom stereocenters. The van der Waals surface area contributed by atoms with Gasteiger partial charge in [0.15, 0.2) is 0 Å². The van der Waals surface area contributed by atoms with E-state index in [-0.39, 0.29) is 6.54 Å². The molecule has 5 N–H and O–H groups in total. The molecule has 0 radical (unpaired) electrons. The van der Waals surface area contributed by atoms with Crippen LogP contribution in [0.2, 0.25) is 0 Å². The van der Waals surface area contributed by atoms with Gasteiger partial charge in [-0.25, -0.2) is 0 Å². The van der Waals surface area contributed by atoms with E-state index in [1.807, 2.05) is 13.8 Å². The Hall–Kier alpha value is -2.22. The lowest BCUT2D eigenvalue weighted by atomic mass is 10.1. The smallest absolute Gasteiger partial charge is 0.264 e. The number of rotatable bonds is 5. The molecule has 112 valence electrons. The van der Waals surface area contributed by atoms with E-state index in [1.54, 1.807) is 0 Å². The zero-order valence-corrected chi connectivity index (χ0v) is 12.7. The number of nitrogens with one attached hydrogen (secondary N) is 1. The SMILES string of the molecule is CCc1nnc2sc(C(=O)NCC(N)=O)c(N)c2c1CC. The van der Waals surface area contributed by atoms with Crippen LogP contribution in [0.15, 0.2) is 0 Å². The third kappa shape index (κ3) is 2.80. The fraction of sp³-hybridized carbons (Fsp3) is 0.385. The number of nitrogens with zero attached hydrogens (tertiary/aromatic N) is 2. The number of nitrogen functional groups attached to an aromatic ring is 1. The van der Waals surface area contributed by atoms with E-state index in [1.165, 1.54) is 11.3 Å². The van der Waals surface area contributed by atoms with E-state index in [0.29, 0.717) is 15.4 Å². The molecule has 0 aliphatic rings. The Labute approximate surface area is 125 Å². The van der Waals surface area contributed by atoms with Crippen LogP contribution in [0.25, 0.3) is 10.2 Å². The molecular formula is C13H17N5O2S. The van der Waals surface area contributed by atoms with Crippen molar-refractivity contribution in [3.8, 4) is 0 Å². The number of thiophene rings is 1. The molecule has 2 rings (SSSR count). The number of amides is 2. The van der Waals surface area contributed by atoms with E-state index in [9.17, 15) is 9.59 Å². The Balaban J connectivity index is 2.50. The average molecular weight is 307 g/mol. The predicted molar refractivity (Wildman–Crippen MR) is 82.1 cm³/mol. The summed E-state index contributed by atoms with van der Waals surface area (Å²) in [5.41, 5.74) is 13.4. The highest BCUT2D eigenvalue weighted by atomic mass is 32.1. The zero-order valence-electron chi connectivity index (χ0n) is 11.9. The summed E-state index contributed by atoms with van der Waals surface area (Å²) in [5, 5.41) is 11.5. The van der Waals surface area contributed by atoms with Gasteiger partial charge in [-0.1, -0.05) is 13.8 Å². The van der Waals surface area contributed by atoms with Gasteiger partial charge in [-0.15, -0.1) is 16.4 Å². The number of hydrogen-bond acceptors (Lipinski definition) is 6. The predicted octanol–water partition coefficient (Wildman–Crippen LogP) is 0.613. The highest BCUT2D eigenvalue weighted by Crippen LogP contribution is 2.35. The Morgan fingerprint density at radius 2 is 1.95 bits per heavy atom. The fourth-order valence-electron chi connectivity index (χ4n) is 2.19. The minimum absolute atomic E-state index is 0.223. The van der Waals surface area contributed by atoms with Gasteiger partial charge in [0.1, 0.15) is 9.71 Å². The van der Waals surface area contributed by atoms with Crippen molar-refractivity contribution < 1.29 is 9.59 Å². The van der Waals surface area contributed by atoms with Crippen LogP contribution in [0.3, 0.4) is 0 Å². The van der Waals surface area contributed by atoms with Gasteiger partial charge >= 0.3 is 0 Å². The third-order valence-electron chi connectivity index (χ3n) is 3.16.